The van der Waals surface area contributed by atoms with Crippen LogP contribution in [0.25, 0.3) is 0 Å². The van der Waals surface area contributed by atoms with Crippen LogP contribution in [0.5, 0.6) is 0 Å². The van der Waals surface area contributed by atoms with Gasteiger partial charge in [0.2, 0.25) is 0 Å². The molecule has 86 valence electrons. The number of hydrogen-bond donors (Lipinski definition) is 0. The van der Waals surface area contributed by atoms with Gasteiger partial charge in [-0.3, -0.25) is 10.1 Å². The highest BCUT2D eigenvalue weighted by atomic mass is 35.5. The molecule has 17 heavy (non-hydrogen) atoms. The predicted octanol–water partition coefficient (Wildman–Crippen LogP) is 2.58. The second-order valence-electron chi connectivity index (χ2n) is 3.54. The minimum atomic E-state index is -0.412. The van der Waals surface area contributed by atoms with Gasteiger partial charge in [-0.1, -0.05) is 23.7 Å². The summed E-state index contributed by atoms with van der Waals surface area (Å²) in [6.45, 7) is 0.386. The van der Waals surface area contributed by atoms with E-state index in [0.29, 0.717) is 17.1 Å². The molecule has 2 rings (SSSR count). The first-order valence-electron chi connectivity index (χ1n) is 5.04. The first-order chi connectivity index (χ1) is 8.18. The van der Waals surface area contributed by atoms with E-state index in [1.54, 1.807) is 12.1 Å². The van der Waals surface area contributed by atoms with Crippen molar-refractivity contribution < 1.29 is 9.49 Å². The Bertz CT molecular complexity index is 543. The SMILES string of the molecule is O=[N+]([O-])c1cccc(Cl)c1C[n+]1ccccc1. The van der Waals surface area contributed by atoms with Gasteiger partial charge >= 0.3 is 0 Å². The Morgan fingerprint density at radius 1 is 1.18 bits per heavy atom. The van der Waals surface area contributed by atoms with Crippen LogP contribution in [0.3, 0.4) is 0 Å². The van der Waals surface area contributed by atoms with Gasteiger partial charge in [-0.15, -0.1) is 0 Å². The lowest BCUT2D eigenvalue weighted by Gasteiger charge is -2.02. The first-order valence-corrected chi connectivity index (χ1v) is 5.42. The van der Waals surface area contributed by atoms with Crippen molar-refractivity contribution in [1.82, 2.24) is 0 Å². The van der Waals surface area contributed by atoms with Crippen molar-refractivity contribution in [3.8, 4) is 0 Å². The van der Waals surface area contributed by atoms with Crippen molar-refractivity contribution in [2.24, 2.45) is 0 Å². The molecule has 1 aromatic heterocycles. The monoisotopic (exact) mass is 249 g/mol. The van der Waals surface area contributed by atoms with Crippen molar-refractivity contribution in [3.05, 3.63) is 69.5 Å². The molecular weight excluding hydrogens is 240 g/mol. The van der Waals surface area contributed by atoms with E-state index in [2.05, 4.69) is 0 Å². The van der Waals surface area contributed by atoms with Gasteiger partial charge < -0.3 is 0 Å². The Morgan fingerprint density at radius 2 is 1.88 bits per heavy atom. The van der Waals surface area contributed by atoms with Crippen LogP contribution in [-0.4, -0.2) is 4.92 Å². The zero-order valence-electron chi connectivity index (χ0n) is 8.91. The number of nitro benzene ring substituents is 1. The third kappa shape index (κ3) is 2.60. The highest BCUT2D eigenvalue weighted by Crippen LogP contribution is 2.25. The predicted molar refractivity (Wildman–Crippen MR) is 63.8 cm³/mol. The van der Waals surface area contributed by atoms with E-state index in [9.17, 15) is 10.1 Å². The van der Waals surface area contributed by atoms with Crippen molar-refractivity contribution in [3.63, 3.8) is 0 Å². The third-order valence-electron chi connectivity index (χ3n) is 2.41. The van der Waals surface area contributed by atoms with E-state index in [1.165, 1.54) is 6.07 Å². The topological polar surface area (TPSA) is 47.0 Å². The maximum absolute atomic E-state index is 10.9. The van der Waals surface area contributed by atoms with E-state index in [0.717, 1.165) is 0 Å². The van der Waals surface area contributed by atoms with Crippen molar-refractivity contribution in [1.29, 1.82) is 0 Å². The largest absolute Gasteiger partial charge is 0.280 e. The lowest BCUT2D eigenvalue weighted by atomic mass is 10.1. The number of hydrogen-bond acceptors (Lipinski definition) is 2. The summed E-state index contributed by atoms with van der Waals surface area (Å²) in [5, 5.41) is 11.3. The van der Waals surface area contributed by atoms with Gasteiger partial charge in [0.25, 0.3) is 5.69 Å². The molecule has 0 aliphatic heterocycles. The van der Waals surface area contributed by atoms with Gasteiger partial charge in [-0.05, 0) is 6.07 Å². The molecule has 1 heterocycles. The van der Waals surface area contributed by atoms with Crippen molar-refractivity contribution in [2.45, 2.75) is 6.54 Å². The molecule has 0 aliphatic carbocycles. The lowest BCUT2D eigenvalue weighted by molar-refractivity contribution is -0.688. The summed E-state index contributed by atoms with van der Waals surface area (Å²) < 4.78 is 1.84. The van der Waals surface area contributed by atoms with E-state index in [4.69, 9.17) is 11.6 Å². The van der Waals surface area contributed by atoms with Crippen LogP contribution in [0.15, 0.2) is 48.8 Å². The standard InChI is InChI=1S/C12H10ClN2O2/c13-11-5-4-6-12(15(16)17)10(11)9-14-7-2-1-3-8-14/h1-8H,9H2/q+1. The molecule has 5 heteroatoms. The minimum Gasteiger partial charge on any atom is -0.258 e. The molecule has 0 aliphatic rings. The van der Waals surface area contributed by atoms with Gasteiger partial charge in [0.15, 0.2) is 18.9 Å². The Hall–Kier alpha value is -1.94. The quantitative estimate of drug-likeness (QED) is 0.477. The van der Waals surface area contributed by atoms with Gasteiger partial charge in [0.1, 0.15) is 5.56 Å². The highest BCUT2D eigenvalue weighted by Gasteiger charge is 2.19. The number of pyridine rings is 1. The Kier molecular flexibility index (Phi) is 3.35. The molecule has 0 radical (unpaired) electrons. The van der Waals surface area contributed by atoms with E-state index in [1.807, 2.05) is 35.2 Å². The van der Waals surface area contributed by atoms with Crippen LogP contribution in [0.4, 0.5) is 5.69 Å². The van der Waals surface area contributed by atoms with Crippen LogP contribution >= 0.6 is 11.6 Å². The molecule has 4 nitrogen and oxygen atoms in total. The molecule has 0 spiro atoms. The molecule has 0 unspecified atom stereocenters. The van der Waals surface area contributed by atoms with Gasteiger partial charge in [-0.2, -0.15) is 0 Å². The maximum atomic E-state index is 10.9. The maximum Gasteiger partial charge on any atom is 0.280 e. The molecular formula is C12H10ClN2O2+. The molecule has 0 saturated heterocycles. The summed E-state index contributed by atoms with van der Waals surface area (Å²) in [4.78, 5) is 10.5. The van der Waals surface area contributed by atoms with E-state index in [-0.39, 0.29) is 5.69 Å². The fourth-order valence-corrected chi connectivity index (χ4v) is 1.83. The van der Waals surface area contributed by atoms with Crippen molar-refractivity contribution >= 4 is 17.3 Å². The van der Waals surface area contributed by atoms with Gasteiger partial charge in [0.05, 0.1) is 9.95 Å². The Balaban J connectivity index is 2.41. The molecule has 0 bridgehead atoms. The Labute approximate surface area is 103 Å². The molecule has 0 fully saturated rings. The molecule has 0 saturated carbocycles. The fourth-order valence-electron chi connectivity index (χ4n) is 1.60. The summed E-state index contributed by atoms with van der Waals surface area (Å²) in [6.07, 6.45) is 3.68. The lowest BCUT2D eigenvalue weighted by Crippen LogP contribution is -2.33. The number of nitrogens with zero attached hydrogens (tertiary/aromatic N) is 2. The Morgan fingerprint density at radius 3 is 2.53 bits per heavy atom. The minimum absolute atomic E-state index is 0.0499. The summed E-state index contributed by atoms with van der Waals surface area (Å²) in [7, 11) is 0. The molecule has 1 aromatic carbocycles. The number of rotatable bonds is 3. The van der Waals surface area contributed by atoms with Crippen LogP contribution in [0, 0.1) is 10.1 Å². The highest BCUT2D eigenvalue weighted by molar-refractivity contribution is 6.31. The number of aromatic nitrogens is 1. The first kappa shape index (κ1) is 11.5. The number of nitro groups is 1. The zero-order valence-corrected chi connectivity index (χ0v) is 9.67. The summed E-state index contributed by atoms with van der Waals surface area (Å²) >= 11 is 6.01. The summed E-state index contributed by atoms with van der Waals surface area (Å²) in [5.41, 5.74) is 0.573. The number of halogens is 1. The van der Waals surface area contributed by atoms with Gasteiger partial charge in [0, 0.05) is 18.2 Å². The molecule has 2 aromatic rings. The third-order valence-corrected chi connectivity index (χ3v) is 2.76. The smallest absolute Gasteiger partial charge is 0.258 e. The van der Waals surface area contributed by atoms with Crippen LogP contribution < -0.4 is 4.57 Å². The van der Waals surface area contributed by atoms with E-state index >= 15 is 0 Å². The zero-order chi connectivity index (χ0) is 12.3. The second kappa shape index (κ2) is 4.93. The van der Waals surface area contributed by atoms with Crippen LogP contribution in [0.2, 0.25) is 5.02 Å². The fraction of sp³-hybridized carbons (Fsp3) is 0.0833. The summed E-state index contributed by atoms with van der Waals surface area (Å²) in [5.74, 6) is 0. The average Bonchev–Trinajstić information content (AvgIpc) is 2.33. The molecule has 0 N–H and O–H groups in total. The normalized spacial score (nSPS) is 10.2. The molecule has 0 amide bonds. The van der Waals surface area contributed by atoms with E-state index < -0.39 is 4.92 Å². The van der Waals surface area contributed by atoms with Gasteiger partial charge in [-0.25, -0.2) is 4.57 Å². The van der Waals surface area contributed by atoms with Crippen molar-refractivity contribution in [2.75, 3.05) is 0 Å². The summed E-state index contributed by atoms with van der Waals surface area (Å²) in [6, 6.07) is 10.3. The second-order valence-corrected chi connectivity index (χ2v) is 3.95. The van der Waals surface area contributed by atoms with Crippen LogP contribution in [0.1, 0.15) is 5.56 Å². The average molecular weight is 250 g/mol. The molecule has 0 atom stereocenters. The van der Waals surface area contributed by atoms with Crippen LogP contribution in [-0.2, 0) is 6.54 Å². The number of benzene rings is 1.